The van der Waals surface area contributed by atoms with Crippen molar-refractivity contribution in [2.45, 2.75) is 98.4 Å². The van der Waals surface area contributed by atoms with Gasteiger partial charge in [-0.3, -0.25) is 0 Å². The molecule has 0 aliphatic heterocycles. The van der Waals surface area contributed by atoms with Crippen LogP contribution in [0.1, 0.15) is 92.9 Å². The minimum absolute atomic E-state index is 0.281. The van der Waals surface area contributed by atoms with E-state index in [1.54, 1.807) is 0 Å². The van der Waals surface area contributed by atoms with Crippen LogP contribution in [-0.4, -0.2) is 12.1 Å². The Bertz CT molecular complexity index is 194. The lowest BCUT2D eigenvalue weighted by molar-refractivity contribution is 0.215. The molecule has 0 bridgehead atoms. The number of nitrogens with one attached hydrogen (secondary N) is 1. The minimum Gasteiger partial charge on any atom is -0.312 e. The Hall–Kier alpha value is -0.0400. The summed E-state index contributed by atoms with van der Waals surface area (Å²) in [5.41, 5.74) is 0.737. The molecule has 0 saturated heterocycles. The van der Waals surface area contributed by atoms with Crippen molar-refractivity contribution in [3.05, 3.63) is 0 Å². The Morgan fingerprint density at radius 3 is 1.89 bits per heavy atom. The van der Waals surface area contributed by atoms with E-state index in [-0.39, 0.29) is 5.54 Å². The Morgan fingerprint density at radius 1 is 0.778 bits per heavy atom. The predicted molar refractivity (Wildman–Crippen MR) is 84.1 cm³/mol. The second-order valence-corrected chi connectivity index (χ2v) is 7.27. The molecule has 0 unspecified atom stereocenters. The number of hydrogen-bond donors (Lipinski definition) is 1. The lowest BCUT2D eigenvalue weighted by Crippen LogP contribution is -2.43. The van der Waals surface area contributed by atoms with Crippen LogP contribution in [0.3, 0.4) is 0 Å². The van der Waals surface area contributed by atoms with Crippen LogP contribution in [-0.2, 0) is 0 Å². The van der Waals surface area contributed by atoms with Crippen LogP contribution < -0.4 is 5.32 Å². The number of rotatable bonds is 11. The van der Waals surface area contributed by atoms with Crippen LogP contribution in [0.5, 0.6) is 0 Å². The highest BCUT2D eigenvalue weighted by atomic mass is 14.9. The first-order valence-electron chi connectivity index (χ1n) is 8.08. The van der Waals surface area contributed by atoms with Gasteiger partial charge in [-0.25, -0.2) is 0 Å². The maximum absolute atomic E-state index is 3.74. The second kappa shape index (κ2) is 8.96. The number of hydrogen-bond acceptors (Lipinski definition) is 1. The molecule has 0 aromatic rings. The van der Waals surface area contributed by atoms with Crippen molar-refractivity contribution >= 4 is 0 Å². The van der Waals surface area contributed by atoms with Crippen LogP contribution >= 0.6 is 0 Å². The molecule has 0 atom stereocenters. The van der Waals surface area contributed by atoms with Gasteiger partial charge in [-0.15, -0.1) is 0 Å². The summed E-state index contributed by atoms with van der Waals surface area (Å²) in [4.78, 5) is 0. The Morgan fingerprint density at radius 2 is 1.33 bits per heavy atom. The zero-order valence-electron chi connectivity index (χ0n) is 13.9. The zero-order chi connectivity index (χ0) is 14.1. The summed E-state index contributed by atoms with van der Waals surface area (Å²) < 4.78 is 0. The molecule has 0 aliphatic rings. The normalized spacial score (nSPS) is 13.0. The highest BCUT2D eigenvalue weighted by Gasteiger charge is 2.26. The van der Waals surface area contributed by atoms with Crippen molar-refractivity contribution < 1.29 is 0 Å². The van der Waals surface area contributed by atoms with Gasteiger partial charge in [0.15, 0.2) is 0 Å². The SMILES string of the molecule is CCCCCCCCNC(C)(C)CC(C)(C)CC. The third-order valence-corrected chi connectivity index (χ3v) is 4.01. The lowest BCUT2D eigenvalue weighted by atomic mass is 9.78. The van der Waals surface area contributed by atoms with E-state index in [9.17, 15) is 0 Å². The van der Waals surface area contributed by atoms with Gasteiger partial charge in [0.2, 0.25) is 0 Å². The van der Waals surface area contributed by atoms with E-state index in [0.29, 0.717) is 5.41 Å². The molecule has 0 fully saturated rings. The highest BCUT2D eigenvalue weighted by molar-refractivity contribution is 4.84. The van der Waals surface area contributed by atoms with Gasteiger partial charge < -0.3 is 5.32 Å². The Labute approximate surface area is 116 Å². The lowest BCUT2D eigenvalue weighted by Gasteiger charge is -2.35. The van der Waals surface area contributed by atoms with E-state index in [1.165, 1.54) is 57.9 Å². The average Bonchev–Trinajstić information content (AvgIpc) is 2.26. The molecule has 0 aliphatic carbocycles. The fourth-order valence-corrected chi connectivity index (χ4v) is 2.72. The molecule has 0 rings (SSSR count). The fraction of sp³-hybridized carbons (Fsp3) is 1.00. The molecule has 1 N–H and O–H groups in total. The molecular weight excluding hydrogens is 218 g/mol. The van der Waals surface area contributed by atoms with Gasteiger partial charge in [-0.1, -0.05) is 66.2 Å². The summed E-state index contributed by atoms with van der Waals surface area (Å²) in [6, 6.07) is 0. The summed E-state index contributed by atoms with van der Waals surface area (Å²) in [6.07, 6.45) is 10.8. The van der Waals surface area contributed by atoms with Gasteiger partial charge in [-0.05, 0) is 38.6 Å². The van der Waals surface area contributed by atoms with E-state index in [1.807, 2.05) is 0 Å². The molecule has 1 heteroatoms. The van der Waals surface area contributed by atoms with Gasteiger partial charge in [0.05, 0.1) is 0 Å². The third kappa shape index (κ3) is 9.94. The monoisotopic (exact) mass is 255 g/mol. The van der Waals surface area contributed by atoms with Crippen molar-refractivity contribution in [3.63, 3.8) is 0 Å². The van der Waals surface area contributed by atoms with Gasteiger partial charge in [0.25, 0.3) is 0 Å². The summed E-state index contributed by atoms with van der Waals surface area (Å²) in [6.45, 7) is 15.2. The van der Waals surface area contributed by atoms with E-state index in [4.69, 9.17) is 0 Å². The summed E-state index contributed by atoms with van der Waals surface area (Å²) in [7, 11) is 0. The van der Waals surface area contributed by atoms with E-state index in [0.717, 1.165) is 0 Å². The summed E-state index contributed by atoms with van der Waals surface area (Å²) in [5, 5.41) is 3.74. The van der Waals surface area contributed by atoms with E-state index >= 15 is 0 Å². The van der Waals surface area contributed by atoms with Crippen molar-refractivity contribution in [1.82, 2.24) is 5.32 Å². The molecule has 18 heavy (non-hydrogen) atoms. The van der Waals surface area contributed by atoms with Crippen molar-refractivity contribution in [3.8, 4) is 0 Å². The predicted octanol–water partition coefficient (Wildman–Crippen LogP) is 5.54. The molecule has 0 aromatic heterocycles. The van der Waals surface area contributed by atoms with E-state index < -0.39 is 0 Å². The summed E-state index contributed by atoms with van der Waals surface area (Å²) >= 11 is 0. The maximum atomic E-state index is 3.74. The first-order valence-corrected chi connectivity index (χ1v) is 8.08. The number of unbranched alkanes of at least 4 members (excludes halogenated alkanes) is 5. The smallest absolute Gasteiger partial charge is 0.0130 e. The molecule has 110 valence electrons. The minimum atomic E-state index is 0.281. The first kappa shape index (κ1) is 18.0. The van der Waals surface area contributed by atoms with Crippen molar-refractivity contribution in [1.29, 1.82) is 0 Å². The first-order chi connectivity index (χ1) is 8.33. The molecule has 0 spiro atoms. The Balaban J connectivity index is 3.64. The molecule has 0 saturated carbocycles. The quantitative estimate of drug-likeness (QED) is 0.478. The molecular formula is C17H37N. The van der Waals surface area contributed by atoms with Crippen LogP contribution in [0.2, 0.25) is 0 Å². The third-order valence-electron chi connectivity index (χ3n) is 4.01. The van der Waals surface area contributed by atoms with Crippen LogP contribution in [0, 0.1) is 5.41 Å². The fourth-order valence-electron chi connectivity index (χ4n) is 2.72. The van der Waals surface area contributed by atoms with Gasteiger partial charge in [0, 0.05) is 5.54 Å². The zero-order valence-corrected chi connectivity index (χ0v) is 13.9. The van der Waals surface area contributed by atoms with Gasteiger partial charge in [-0.2, -0.15) is 0 Å². The highest BCUT2D eigenvalue weighted by Crippen LogP contribution is 2.30. The average molecular weight is 255 g/mol. The van der Waals surface area contributed by atoms with Crippen molar-refractivity contribution in [2.24, 2.45) is 5.41 Å². The molecule has 0 heterocycles. The largest absolute Gasteiger partial charge is 0.312 e. The van der Waals surface area contributed by atoms with Gasteiger partial charge in [0.1, 0.15) is 0 Å². The second-order valence-electron chi connectivity index (χ2n) is 7.27. The molecule has 0 radical (unpaired) electrons. The molecule has 0 amide bonds. The topological polar surface area (TPSA) is 12.0 Å². The summed E-state index contributed by atoms with van der Waals surface area (Å²) in [5.74, 6) is 0. The van der Waals surface area contributed by atoms with Crippen LogP contribution in [0.4, 0.5) is 0 Å². The van der Waals surface area contributed by atoms with Crippen molar-refractivity contribution in [2.75, 3.05) is 6.54 Å². The van der Waals surface area contributed by atoms with Gasteiger partial charge >= 0.3 is 0 Å². The van der Waals surface area contributed by atoms with E-state index in [2.05, 4.69) is 46.9 Å². The molecule has 0 aromatic carbocycles. The maximum Gasteiger partial charge on any atom is 0.0130 e. The van der Waals surface area contributed by atoms with Crippen LogP contribution in [0.15, 0.2) is 0 Å². The molecule has 1 nitrogen and oxygen atoms in total. The Kier molecular flexibility index (Phi) is 8.94. The standard InChI is InChI=1S/C17H37N/c1-7-9-10-11-12-13-14-18-17(5,6)15-16(3,4)8-2/h18H,7-15H2,1-6H3. The van der Waals surface area contributed by atoms with Crippen LogP contribution in [0.25, 0.3) is 0 Å².